The third-order valence-electron chi connectivity index (χ3n) is 8.26. The molecule has 1 saturated heterocycles. The number of unbranched alkanes of at least 4 members (excludes halogenated alkanes) is 4. The Hall–Kier alpha value is -2.71. The van der Waals surface area contributed by atoms with E-state index >= 15 is 0 Å². The van der Waals surface area contributed by atoms with Crippen LogP contribution in [0.3, 0.4) is 0 Å². The molecule has 4 atom stereocenters. The van der Waals surface area contributed by atoms with Crippen molar-refractivity contribution < 1.29 is 32.7 Å². The van der Waals surface area contributed by atoms with Crippen molar-refractivity contribution in [1.82, 2.24) is 29.5 Å². The fourth-order valence-corrected chi connectivity index (χ4v) is 6.08. The number of hydrogen-bond donors (Lipinski definition) is 4. The molecule has 4 amide bonds. The zero-order valence-corrected chi connectivity index (χ0v) is 27.6. The van der Waals surface area contributed by atoms with Gasteiger partial charge < -0.3 is 26.0 Å². The molecule has 0 aromatic carbocycles. The van der Waals surface area contributed by atoms with Gasteiger partial charge in [-0.3, -0.25) is 9.59 Å². The predicted molar refractivity (Wildman–Crippen MR) is 164 cm³/mol. The molecule has 14 heteroatoms. The number of urea groups is 1. The number of carboxylic acids is 1. The summed E-state index contributed by atoms with van der Waals surface area (Å²) in [6, 6.07) is -2.03. The topological polar surface area (TPSA) is 168 Å². The third-order valence-corrected chi connectivity index (χ3v) is 10.1. The number of allylic oxidation sites excluding steroid dienone is 1. The molecular weight excluding hydrogens is 576 g/mol. The highest BCUT2D eigenvalue weighted by Crippen LogP contribution is 2.45. The smallest absolute Gasteiger partial charge is 0.330 e. The second kappa shape index (κ2) is 15.3. The maximum absolute atomic E-state index is 13.2. The van der Waals surface area contributed by atoms with Gasteiger partial charge in [0.2, 0.25) is 11.8 Å². The molecule has 43 heavy (non-hydrogen) atoms. The first kappa shape index (κ1) is 36.5. The summed E-state index contributed by atoms with van der Waals surface area (Å²) in [6.45, 7) is 7.70. The Morgan fingerprint density at radius 3 is 2.37 bits per heavy atom. The van der Waals surface area contributed by atoms with Gasteiger partial charge in [0, 0.05) is 46.2 Å². The summed E-state index contributed by atoms with van der Waals surface area (Å²) in [6.07, 6.45) is 10.5. The highest BCUT2D eigenvalue weighted by Gasteiger charge is 2.61. The number of likely N-dealkylation sites (N-methyl/N-ethyl adjacent to an activating group) is 1. The molecule has 0 radical (unpaired) electrons. The largest absolute Gasteiger partial charge is 0.479 e. The zero-order valence-electron chi connectivity index (χ0n) is 26.8. The summed E-state index contributed by atoms with van der Waals surface area (Å²) < 4.78 is 27.2. The Morgan fingerprint density at radius 1 is 1.12 bits per heavy atom. The molecule has 4 N–H and O–H groups in total. The molecule has 2 unspecified atom stereocenters. The minimum absolute atomic E-state index is 0.0140. The number of hydrogen-bond acceptors (Lipinski definition) is 6. The molecule has 1 aliphatic carbocycles. The van der Waals surface area contributed by atoms with Gasteiger partial charge in [0.15, 0.2) is 0 Å². The van der Waals surface area contributed by atoms with E-state index in [9.17, 15) is 32.7 Å². The average molecular weight is 629 g/mol. The SMILES string of the molecule is CCCCCC/C=C\C1C[C@]1(NC(=O)[C@@H]1CCCN1C(=O)CNC(=O)NC(CN(C)S(=O)(=O)N(C)C)C(C)(C)C)C(=O)O. The molecule has 1 saturated carbocycles. The number of rotatable bonds is 16. The Labute approximate surface area is 257 Å². The van der Waals surface area contributed by atoms with Crippen LogP contribution < -0.4 is 16.0 Å². The summed E-state index contributed by atoms with van der Waals surface area (Å²) in [5.74, 6) is -2.35. The second-order valence-electron chi connectivity index (χ2n) is 12.9. The van der Waals surface area contributed by atoms with Crippen LogP contribution in [-0.2, 0) is 24.6 Å². The first-order chi connectivity index (χ1) is 20.0. The Morgan fingerprint density at radius 2 is 1.79 bits per heavy atom. The van der Waals surface area contributed by atoms with Gasteiger partial charge in [0.05, 0.1) is 6.54 Å². The van der Waals surface area contributed by atoms with Crippen LogP contribution in [0.25, 0.3) is 0 Å². The normalized spacial score (nSPS) is 23.0. The van der Waals surface area contributed by atoms with Gasteiger partial charge in [-0.25, -0.2) is 9.59 Å². The molecule has 2 rings (SSSR count). The lowest BCUT2D eigenvalue weighted by atomic mass is 9.87. The van der Waals surface area contributed by atoms with E-state index in [0.717, 1.165) is 34.3 Å². The van der Waals surface area contributed by atoms with E-state index in [2.05, 4.69) is 22.9 Å². The van der Waals surface area contributed by atoms with Crippen LogP contribution in [0.15, 0.2) is 12.2 Å². The zero-order chi connectivity index (χ0) is 32.6. The van der Waals surface area contributed by atoms with Gasteiger partial charge in [-0.05, 0) is 37.5 Å². The average Bonchev–Trinajstić information content (AvgIpc) is 3.38. The van der Waals surface area contributed by atoms with Gasteiger partial charge in [-0.1, -0.05) is 59.1 Å². The van der Waals surface area contributed by atoms with Crippen molar-refractivity contribution in [1.29, 1.82) is 0 Å². The highest BCUT2D eigenvalue weighted by molar-refractivity contribution is 7.86. The van der Waals surface area contributed by atoms with Crippen molar-refractivity contribution >= 4 is 34.0 Å². The number of aliphatic carboxylic acids is 1. The lowest BCUT2D eigenvalue weighted by molar-refractivity contribution is -0.145. The van der Waals surface area contributed by atoms with Crippen molar-refractivity contribution in [3.63, 3.8) is 0 Å². The van der Waals surface area contributed by atoms with Crippen LogP contribution in [0.1, 0.15) is 79.1 Å². The minimum Gasteiger partial charge on any atom is -0.479 e. The molecule has 246 valence electrons. The standard InChI is InChI=1S/C29H52N6O7S/c1-8-9-10-11-12-13-15-21-18-29(21,26(38)39)32-25(37)22-16-14-17-35(22)24(36)19-30-27(40)31-23(28(2,3)4)20-34(7)43(41,42)33(5)6/h13,15,21-23H,8-12,14,16-20H2,1-7H3,(H,32,37)(H,38,39)(H2,30,31,40)/b15-13-/t21?,22-,23?,29+/m0/s1. The maximum Gasteiger partial charge on any atom is 0.330 e. The molecule has 13 nitrogen and oxygen atoms in total. The fraction of sp³-hybridized carbons (Fsp3) is 0.793. The van der Waals surface area contributed by atoms with Gasteiger partial charge in [0.25, 0.3) is 10.2 Å². The van der Waals surface area contributed by atoms with E-state index in [1.165, 1.54) is 32.5 Å². The van der Waals surface area contributed by atoms with Crippen LogP contribution in [0.2, 0.25) is 0 Å². The van der Waals surface area contributed by atoms with E-state index in [1.807, 2.05) is 32.9 Å². The van der Waals surface area contributed by atoms with E-state index in [-0.39, 0.29) is 19.0 Å². The molecule has 0 bridgehead atoms. The third kappa shape index (κ3) is 9.90. The van der Waals surface area contributed by atoms with E-state index in [1.54, 1.807) is 0 Å². The summed E-state index contributed by atoms with van der Waals surface area (Å²) in [5, 5.41) is 17.9. The van der Waals surface area contributed by atoms with Gasteiger partial charge in [-0.15, -0.1) is 0 Å². The molecule has 0 spiro atoms. The lowest BCUT2D eigenvalue weighted by Gasteiger charge is -2.35. The van der Waals surface area contributed by atoms with Gasteiger partial charge >= 0.3 is 12.0 Å². The number of likely N-dealkylation sites (tertiary alicyclic amines) is 1. The van der Waals surface area contributed by atoms with Crippen molar-refractivity contribution in [2.24, 2.45) is 11.3 Å². The minimum atomic E-state index is -3.69. The summed E-state index contributed by atoms with van der Waals surface area (Å²) >= 11 is 0. The van der Waals surface area contributed by atoms with E-state index in [4.69, 9.17) is 0 Å². The Balaban J connectivity index is 1.94. The Bertz CT molecular complexity index is 1140. The van der Waals surface area contributed by atoms with E-state index in [0.29, 0.717) is 25.8 Å². The number of carbonyl (C=O) groups excluding carboxylic acids is 3. The van der Waals surface area contributed by atoms with Crippen molar-refractivity contribution in [3.8, 4) is 0 Å². The summed E-state index contributed by atoms with van der Waals surface area (Å²) in [7, 11) is 0.588. The number of carbonyl (C=O) groups is 4. The van der Waals surface area contributed by atoms with E-state index < -0.39 is 57.1 Å². The molecule has 0 aromatic heterocycles. The first-order valence-electron chi connectivity index (χ1n) is 15.2. The fourth-order valence-electron chi connectivity index (χ4n) is 5.19. The second-order valence-corrected chi connectivity index (χ2v) is 15.2. The lowest BCUT2D eigenvalue weighted by Crippen LogP contribution is -2.56. The number of amides is 4. The maximum atomic E-state index is 13.2. The van der Waals surface area contributed by atoms with Crippen molar-refractivity contribution in [2.75, 3.05) is 40.8 Å². The Kier molecular flexibility index (Phi) is 13.0. The molecule has 2 fully saturated rings. The van der Waals surface area contributed by atoms with Crippen LogP contribution in [0.5, 0.6) is 0 Å². The predicted octanol–water partition coefficient (Wildman–Crippen LogP) is 1.92. The van der Waals surface area contributed by atoms with Crippen molar-refractivity contribution in [2.45, 2.75) is 96.7 Å². The number of carboxylic acid groups (broad SMARTS) is 1. The van der Waals surface area contributed by atoms with Crippen LogP contribution >= 0.6 is 0 Å². The van der Waals surface area contributed by atoms with Crippen molar-refractivity contribution in [3.05, 3.63) is 12.2 Å². The van der Waals surface area contributed by atoms with Gasteiger partial charge in [0.1, 0.15) is 11.6 Å². The highest BCUT2D eigenvalue weighted by atomic mass is 32.2. The summed E-state index contributed by atoms with van der Waals surface area (Å²) in [5.41, 5.74) is -1.86. The molecule has 1 aliphatic heterocycles. The van der Waals surface area contributed by atoms with Gasteiger partial charge in [-0.2, -0.15) is 17.0 Å². The summed E-state index contributed by atoms with van der Waals surface area (Å²) in [4.78, 5) is 52.5. The molecular formula is C29H52N6O7S. The van der Waals surface area contributed by atoms with Crippen LogP contribution in [0, 0.1) is 11.3 Å². The molecule has 1 heterocycles. The molecule has 0 aromatic rings. The van der Waals surface area contributed by atoms with Crippen LogP contribution in [0.4, 0.5) is 4.79 Å². The number of nitrogens with zero attached hydrogens (tertiary/aromatic N) is 3. The first-order valence-corrected chi connectivity index (χ1v) is 16.6. The van der Waals surface area contributed by atoms with Crippen LogP contribution in [-0.4, -0.2) is 109 Å². The monoisotopic (exact) mass is 628 g/mol. The number of nitrogens with one attached hydrogen (secondary N) is 3. The molecule has 2 aliphatic rings. The quantitative estimate of drug-likeness (QED) is 0.150.